The highest BCUT2D eigenvalue weighted by Crippen LogP contribution is 2.24. The van der Waals surface area contributed by atoms with Crippen LogP contribution in [0.2, 0.25) is 5.02 Å². The van der Waals surface area contributed by atoms with Crippen molar-refractivity contribution >= 4 is 23.2 Å². The van der Waals surface area contributed by atoms with Gasteiger partial charge in [-0.3, -0.25) is 9.69 Å². The fraction of sp³-hybridized carbons (Fsp3) is 0.278. The van der Waals surface area contributed by atoms with Crippen molar-refractivity contribution in [2.45, 2.75) is 19.5 Å². The molecule has 6 heteroatoms. The molecule has 0 radical (unpaired) electrons. The number of nitrogens with zero attached hydrogens (tertiary/aromatic N) is 2. The molecule has 3 nitrogen and oxygen atoms in total. The predicted octanol–water partition coefficient (Wildman–Crippen LogP) is 3.86. The summed E-state index contributed by atoms with van der Waals surface area (Å²) < 4.78 is 27.7. The van der Waals surface area contributed by atoms with Gasteiger partial charge in [0, 0.05) is 35.9 Å². The molecular formula is C18H17ClF2N2O. The van der Waals surface area contributed by atoms with Crippen LogP contribution >= 0.6 is 11.6 Å². The van der Waals surface area contributed by atoms with Gasteiger partial charge in [0.25, 0.3) is 0 Å². The maximum absolute atomic E-state index is 13.8. The van der Waals surface area contributed by atoms with E-state index in [0.29, 0.717) is 18.1 Å². The highest BCUT2D eigenvalue weighted by atomic mass is 35.5. The van der Waals surface area contributed by atoms with Crippen molar-refractivity contribution in [3.05, 3.63) is 64.7 Å². The van der Waals surface area contributed by atoms with Gasteiger partial charge in [0.15, 0.2) is 0 Å². The van der Waals surface area contributed by atoms with Crippen molar-refractivity contribution in [2.75, 3.05) is 18.0 Å². The first-order chi connectivity index (χ1) is 11.5. The molecule has 0 aromatic heterocycles. The van der Waals surface area contributed by atoms with Crippen LogP contribution in [0.5, 0.6) is 0 Å². The van der Waals surface area contributed by atoms with Crippen LogP contribution in [0.15, 0.2) is 42.5 Å². The number of piperazine rings is 1. The van der Waals surface area contributed by atoms with Gasteiger partial charge in [0.2, 0.25) is 5.91 Å². The summed E-state index contributed by atoms with van der Waals surface area (Å²) in [7, 11) is 0. The third-order valence-corrected chi connectivity index (χ3v) is 4.60. The quantitative estimate of drug-likeness (QED) is 0.839. The summed E-state index contributed by atoms with van der Waals surface area (Å²) in [6, 6.07) is 10.4. The third-order valence-electron chi connectivity index (χ3n) is 4.34. The van der Waals surface area contributed by atoms with Crippen LogP contribution in [-0.4, -0.2) is 29.9 Å². The first-order valence-corrected chi connectivity index (χ1v) is 8.09. The molecule has 0 spiro atoms. The number of benzene rings is 2. The van der Waals surface area contributed by atoms with Gasteiger partial charge in [-0.2, -0.15) is 0 Å². The van der Waals surface area contributed by atoms with Crippen LogP contribution in [0, 0.1) is 11.6 Å². The molecule has 3 rings (SSSR count). The lowest BCUT2D eigenvalue weighted by Gasteiger charge is -2.39. The van der Waals surface area contributed by atoms with Crippen LogP contribution in [-0.2, 0) is 11.3 Å². The van der Waals surface area contributed by atoms with Gasteiger partial charge in [-0.25, -0.2) is 8.78 Å². The number of carbonyl (C=O) groups is 1. The largest absolute Gasteiger partial charge is 0.310 e. The molecule has 1 fully saturated rings. The lowest BCUT2D eigenvalue weighted by Crippen LogP contribution is -2.55. The molecule has 1 amide bonds. The Balaban J connectivity index is 1.76. The van der Waals surface area contributed by atoms with Gasteiger partial charge >= 0.3 is 0 Å². The van der Waals surface area contributed by atoms with E-state index >= 15 is 0 Å². The van der Waals surface area contributed by atoms with Gasteiger partial charge in [-0.15, -0.1) is 0 Å². The van der Waals surface area contributed by atoms with E-state index in [9.17, 15) is 13.6 Å². The fourth-order valence-electron chi connectivity index (χ4n) is 2.89. The average Bonchev–Trinajstić information content (AvgIpc) is 2.56. The average molecular weight is 351 g/mol. The zero-order valence-electron chi connectivity index (χ0n) is 13.2. The smallest absolute Gasteiger partial charge is 0.244 e. The maximum Gasteiger partial charge on any atom is 0.244 e. The number of amides is 1. The van der Waals surface area contributed by atoms with Crippen LogP contribution in [0.3, 0.4) is 0 Å². The molecule has 1 aliphatic heterocycles. The fourth-order valence-corrected chi connectivity index (χ4v) is 3.02. The minimum atomic E-state index is -0.588. The van der Waals surface area contributed by atoms with Crippen molar-refractivity contribution in [1.29, 1.82) is 0 Å². The van der Waals surface area contributed by atoms with Crippen molar-refractivity contribution in [1.82, 2.24) is 4.90 Å². The Morgan fingerprint density at radius 3 is 2.33 bits per heavy atom. The molecule has 1 atom stereocenters. The topological polar surface area (TPSA) is 23.6 Å². The van der Waals surface area contributed by atoms with Gasteiger partial charge < -0.3 is 4.90 Å². The molecule has 1 unspecified atom stereocenters. The number of hydrogen-bond acceptors (Lipinski definition) is 2. The Morgan fingerprint density at radius 1 is 1.08 bits per heavy atom. The van der Waals surface area contributed by atoms with Crippen LogP contribution in [0.25, 0.3) is 0 Å². The minimum absolute atomic E-state index is 0.00269. The summed E-state index contributed by atoms with van der Waals surface area (Å²) >= 11 is 5.88. The number of carbonyl (C=O) groups excluding carboxylic acids is 1. The third kappa shape index (κ3) is 3.28. The molecule has 1 aliphatic rings. The van der Waals surface area contributed by atoms with Gasteiger partial charge in [0.1, 0.15) is 11.6 Å². The zero-order valence-corrected chi connectivity index (χ0v) is 13.9. The minimum Gasteiger partial charge on any atom is -0.310 e. The van der Waals surface area contributed by atoms with E-state index in [1.165, 1.54) is 18.2 Å². The SMILES string of the molecule is CC1C(=O)N(c2ccc(Cl)cc2)CCN1Cc1c(F)cccc1F. The lowest BCUT2D eigenvalue weighted by atomic mass is 10.1. The van der Waals surface area contributed by atoms with E-state index in [4.69, 9.17) is 11.6 Å². The Hall–Kier alpha value is -1.98. The van der Waals surface area contributed by atoms with Crippen LogP contribution in [0.4, 0.5) is 14.5 Å². The first kappa shape index (κ1) is 16.9. The molecular weight excluding hydrogens is 334 g/mol. The van der Waals surface area contributed by atoms with E-state index < -0.39 is 17.7 Å². The second-order valence-electron chi connectivity index (χ2n) is 5.81. The second-order valence-corrected chi connectivity index (χ2v) is 6.25. The summed E-state index contributed by atoms with van der Waals surface area (Å²) in [5, 5.41) is 0.605. The molecule has 0 aliphatic carbocycles. The van der Waals surface area contributed by atoms with Gasteiger partial charge in [0.05, 0.1) is 6.04 Å². The number of rotatable bonds is 3. The molecule has 24 heavy (non-hydrogen) atoms. The van der Waals surface area contributed by atoms with Crippen LogP contribution in [0.1, 0.15) is 12.5 Å². The highest BCUT2D eigenvalue weighted by molar-refractivity contribution is 6.30. The normalized spacial score (nSPS) is 18.9. The van der Waals surface area contributed by atoms with Gasteiger partial charge in [-0.05, 0) is 43.3 Å². The van der Waals surface area contributed by atoms with E-state index in [0.717, 1.165) is 5.69 Å². The van der Waals surface area contributed by atoms with Crippen molar-refractivity contribution in [2.24, 2.45) is 0 Å². The summed E-state index contributed by atoms with van der Waals surface area (Å²) in [5.74, 6) is -1.27. The Morgan fingerprint density at radius 2 is 1.71 bits per heavy atom. The molecule has 0 N–H and O–H groups in total. The molecule has 2 aromatic carbocycles. The van der Waals surface area contributed by atoms with Crippen molar-refractivity contribution in [3.8, 4) is 0 Å². The van der Waals surface area contributed by atoms with Crippen molar-refractivity contribution < 1.29 is 13.6 Å². The Labute approximate surface area is 144 Å². The highest BCUT2D eigenvalue weighted by Gasteiger charge is 2.33. The van der Waals surface area contributed by atoms with E-state index in [-0.39, 0.29) is 18.0 Å². The van der Waals surface area contributed by atoms with E-state index in [1.807, 2.05) is 0 Å². The maximum atomic E-state index is 13.8. The van der Waals surface area contributed by atoms with E-state index in [2.05, 4.69) is 0 Å². The summed E-state index contributed by atoms with van der Waals surface area (Å²) in [4.78, 5) is 16.1. The number of halogens is 3. The van der Waals surface area contributed by atoms with Crippen molar-refractivity contribution in [3.63, 3.8) is 0 Å². The first-order valence-electron chi connectivity index (χ1n) is 7.71. The molecule has 0 saturated carbocycles. The monoisotopic (exact) mass is 350 g/mol. The summed E-state index contributed by atoms with van der Waals surface area (Å²) in [6.07, 6.45) is 0. The second kappa shape index (κ2) is 6.87. The molecule has 126 valence electrons. The molecule has 1 saturated heterocycles. The standard InChI is InChI=1S/C18H17ClF2N2O/c1-12-18(24)23(14-7-5-13(19)6-8-14)10-9-22(12)11-15-16(20)3-2-4-17(15)21/h2-8,12H,9-11H2,1H3. The molecule has 2 aromatic rings. The summed E-state index contributed by atoms with van der Waals surface area (Å²) in [6.45, 7) is 2.81. The van der Waals surface area contributed by atoms with Gasteiger partial charge in [-0.1, -0.05) is 17.7 Å². The number of hydrogen-bond donors (Lipinski definition) is 0. The van der Waals surface area contributed by atoms with Crippen LogP contribution < -0.4 is 4.90 Å². The zero-order chi connectivity index (χ0) is 17.3. The molecule has 0 bridgehead atoms. The van der Waals surface area contributed by atoms with E-state index in [1.54, 1.807) is 41.0 Å². The predicted molar refractivity (Wildman–Crippen MR) is 90.0 cm³/mol. The lowest BCUT2D eigenvalue weighted by molar-refractivity contribution is -0.125. The summed E-state index contributed by atoms with van der Waals surface area (Å²) in [5.41, 5.74) is 0.769. The number of anilines is 1. The Bertz CT molecular complexity index is 731. The molecule has 1 heterocycles. The Kier molecular flexibility index (Phi) is 4.83.